The van der Waals surface area contributed by atoms with Crippen LogP contribution in [-0.4, -0.2) is 25.5 Å². The number of rotatable bonds is 4. The number of nitrogens with two attached hydrogens (primary N) is 2. The fraction of sp³-hybridized carbons (Fsp3) is 0.533. The Morgan fingerprint density at radius 2 is 2.10 bits per heavy atom. The topological polar surface area (TPSA) is 72.3 Å². The highest BCUT2D eigenvalue weighted by Crippen LogP contribution is 2.32. The molecule has 1 fully saturated rings. The van der Waals surface area contributed by atoms with Gasteiger partial charge in [0, 0.05) is 23.2 Å². The summed E-state index contributed by atoms with van der Waals surface area (Å²) in [4.78, 5) is 13.5. The smallest absolute Gasteiger partial charge is 0.249 e. The van der Waals surface area contributed by atoms with Crippen molar-refractivity contribution in [3.05, 3.63) is 28.2 Å². The van der Waals surface area contributed by atoms with E-state index in [-0.39, 0.29) is 0 Å². The zero-order chi connectivity index (χ0) is 14.7. The van der Waals surface area contributed by atoms with E-state index >= 15 is 0 Å². The van der Waals surface area contributed by atoms with E-state index in [9.17, 15) is 4.79 Å². The molecular weight excluding hydrogens is 318 g/mol. The molecule has 1 saturated carbocycles. The van der Waals surface area contributed by atoms with Gasteiger partial charge in [-0.2, -0.15) is 0 Å². The molecule has 0 aliphatic heterocycles. The quantitative estimate of drug-likeness (QED) is 0.885. The molecule has 20 heavy (non-hydrogen) atoms. The van der Waals surface area contributed by atoms with Gasteiger partial charge in [-0.15, -0.1) is 0 Å². The molecule has 5 heteroatoms. The number of anilines is 1. The molecule has 110 valence electrons. The Bertz CT molecular complexity index is 492. The van der Waals surface area contributed by atoms with Crippen LogP contribution in [0.2, 0.25) is 0 Å². The first-order chi connectivity index (χ1) is 9.54. The van der Waals surface area contributed by atoms with Gasteiger partial charge < -0.3 is 16.4 Å². The zero-order valence-electron chi connectivity index (χ0n) is 11.8. The third-order valence-corrected chi connectivity index (χ3v) is 4.95. The number of amides is 1. The van der Waals surface area contributed by atoms with Gasteiger partial charge in [-0.1, -0.05) is 12.8 Å². The molecule has 0 aromatic heterocycles. The summed E-state index contributed by atoms with van der Waals surface area (Å²) in [5, 5.41) is 0. The maximum atomic E-state index is 11.3. The van der Waals surface area contributed by atoms with E-state index in [1.54, 1.807) is 6.07 Å². The maximum Gasteiger partial charge on any atom is 0.249 e. The van der Waals surface area contributed by atoms with E-state index in [2.05, 4.69) is 27.9 Å². The Morgan fingerprint density at radius 3 is 2.70 bits per heavy atom. The van der Waals surface area contributed by atoms with E-state index in [1.165, 1.54) is 25.7 Å². The molecule has 2 unspecified atom stereocenters. The Kier molecular flexibility index (Phi) is 5.05. The second-order valence-electron chi connectivity index (χ2n) is 5.49. The predicted octanol–water partition coefficient (Wildman–Crippen LogP) is 2.50. The third-order valence-electron chi connectivity index (χ3n) is 4.29. The van der Waals surface area contributed by atoms with Crippen LogP contribution in [0.1, 0.15) is 36.0 Å². The fourth-order valence-electron chi connectivity index (χ4n) is 3.09. The summed E-state index contributed by atoms with van der Waals surface area (Å²) in [5.41, 5.74) is 12.8. The Morgan fingerprint density at radius 1 is 1.40 bits per heavy atom. The van der Waals surface area contributed by atoms with Crippen molar-refractivity contribution < 1.29 is 4.79 Å². The first-order valence-corrected chi connectivity index (χ1v) is 7.86. The van der Waals surface area contributed by atoms with E-state index in [0.717, 1.165) is 16.7 Å². The van der Waals surface area contributed by atoms with Gasteiger partial charge in [0.05, 0.1) is 5.56 Å². The monoisotopic (exact) mass is 339 g/mol. The van der Waals surface area contributed by atoms with Crippen LogP contribution >= 0.6 is 15.9 Å². The number of carbonyl (C=O) groups excluding carboxylic acids is 1. The molecular formula is C15H22BrN3O. The van der Waals surface area contributed by atoms with E-state index in [4.69, 9.17) is 11.5 Å². The van der Waals surface area contributed by atoms with Crippen LogP contribution in [0.5, 0.6) is 0 Å². The van der Waals surface area contributed by atoms with Crippen molar-refractivity contribution >= 4 is 27.5 Å². The van der Waals surface area contributed by atoms with Crippen LogP contribution in [0.3, 0.4) is 0 Å². The molecule has 4 nitrogen and oxygen atoms in total. The van der Waals surface area contributed by atoms with Gasteiger partial charge >= 0.3 is 0 Å². The molecule has 2 rings (SSSR count). The van der Waals surface area contributed by atoms with Gasteiger partial charge in [0.25, 0.3) is 0 Å². The standard InChI is InChI=1S/C15H22BrN3O/c1-19(14-5-3-2-4-10(14)9-17)11-6-7-12(15(18)20)13(16)8-11/h6-8,10,14H,2-5,9,17H2,1H3,(H2,18,20). The van der Waals surface area contributed by atoms with Crippen LogP contribution in [0.4, 0.5) is 5.69 Å². The highest BCUT2D eigenvalue weighted by molar-refractivity contribution is 9.10. The van der Waals surface area contributed by atoms with Crippen molar-refractivity contribution in [1.82, 2.24) is 0 Å². The average molecular weight is 340 g/mol. The number of benzene rings is 1. The fourth-order valence-corrected chi connectivity index (χ4v) is 3.65. The number of carbonyl (C=O) groups is 1. The second kappa shape index (κ2) is 6.59. The van der Waals surface area contributed by atoms with Gasteiger partial charge in [0.1, 0.15) is 0 Å². The molecule has 1 aliphatic rings. The average Bonchev–Trinajstić information content (AvgIpc) is 2.45. The lowest BCUT2D eigenvalue weighted by Crippen LogP contribution is -2.43. The van der Waals surface area contributed by atoms with Gasteiger partial charge in [-0.3, -0.25) is 4.79 Å². The first-order valence-electron chi connectivity index (χ1n) is 7.07. The van der Waals surface area contributed by atoms with Gasteiger partial charge in [0.15, 0.2) is 0 Å². The molecule has 1 aliphatic carbocycles. The highest BCUT2D eigenvalue weighted by Gasteiger charge is 2.27. The van der Waals surface area contributed by atoms with Gasteiger partial charge in [0.2, 0.25) is 5.91 Å². The summed E-state index contributed by atoms with van der Waals surface area (Å²) in [6.45, 7) is 0.732. The molecule has 2 atom stereocenters. The highest BCUT2D eigenvalue weighted by atomic mass is 79.9. The minimum atomic E-state index is -0.413. The minimum absolute atomic E-state index is 0.413. The second-order valence-corrected chi connectivity index (χ2v) is 6.34. The van der Waals surface area contributed by atoms with E-state index in [1.807, 2.05) is 12.1 Å². The van der Waals surface area contributed by atoms with Crippen molar-refractivity contribution in [2.75, 3.05) is 18.5 Å². The number of nitrogens with zero attached hydrogens (tertiary/aromatic N) is 1. The molecule has 1 amide bonds. The summed E-state index contributed by atoms with van der Waals surface area (Å²) in [6, 6.07) is 6.16. The molecule has 0 spiro atoms. The van der Waals surface area contributed by atoms with Crippen molar-refractivity contribution in [1.29, 1.82) is 0 Å². The lowest BCUT2D eigenvalue weighted by atomic mass is 9.83. The van der Waals surface area contributed by atoms with Crippen LogP contribution in [0.25, 0.3) is 0 Å². The maximum absolute atomic E-state index is 11.3. The lowest BCUT2D eigenvalue weighted by Gasteiger charge is -2.39. The molecule has 1 aromatic rings. The molecule has 0 bridgehead atoms. The zero-order valence-corrected chi connectivity index (χ0v) is 13.4. The summed E-state index contributed by atoms with van der Waals surface area (Å²) in [5.74, 6) is 0.131. The van der Waals surface area contributed by atoms with Gasteiger partial charge in [-0.25, -0.2) is 0 Å². The van der Waals surface area contributed by atoms with Crippen LogP contribution in [0, 0.1) is 5.92 Å². The van der Waals surface area contributed by atoms with Gasteiger partial charge in [-0.05, 0) is 59.4 Å². The van der Waals surface area contributed by atoms with Crippen molar-refractivity contribution in [2.45, 2.75) is 31.7 Å². The van der Waals surface area contributed by atoms with Crippen molar-refractivity contribution in [3.63, 3.8) is 0 Å². The van der Waals surface area contributed by atoms with Crippen molar-refractivity contribution in [3.8, 4) is 0 Å². The largest absolute Gasteiger partial charge is 0.371 e. The summed E-state index contributed by atoms with van der Waals surface area (Å²) in [6.07, 6.45) is 4.90. The first kappa shape index (κ1) is 15.3. The van der Waals surface area contributed by atoms with E-state index < -0.39 is 5.91 Å². The van der Waals surface area contributed by atoms with E-state index in [0.29, 0.717) is 17.5 Å². The summed E-state index contributed by atoms with van der Waals surface area (Å²) >= 11 is 3.42. The molecule has 1 aromatic carbocycles. The number of hydrogen-bond acceptors (Lipinski definition) is 3. The number of primary amides is 1. The summed E-state index contributed by atoms with van der Waals surface area (Å²) < 4.78 is 0.745. The SMILES string of the molecule is CN(c1ccc(C(N)=O)c(Br)c1)C1CCCCC1CN. The Labute approximate surface area is 128 Å². The normalized spacial score (nSPS) is 22.6. The predicted molar refractivity (Wildman–Crippen MR) is 85.9 cm³/mol. The Hall–Kier alpha value is -1.07. The summed E-state index contributed by atoms with van der Waals surface area (Å²) in [7, 11) is 2.10. The molecule has 0 saturated heterocycles. The molecule has 0 heterocycles. The minimum Gasteiger partial charge on any atom is -0.371 e. The van der Waals surface area contributed by atoms with Crippen LogP contribution in [0.15, 0.2) is 22.7 Å². The number of halogens is 1. The third kappa shape index (κ3) is 3.15. The van der Waals surface area contributed by atoms with Crippen LogP contribution < -0.4 is 16.4 Å². The molecule has 4 N–H and O–H groups in total. The Balaban J connectivity index is 2.21. The van der Waals surface area contributed by atoms with Crippen molar-refractivity contribution in [2.24, 2.45) is 17.4 Å². The molecule has 0 radical (unpaired) electrons. The number of hydrogen-bond donors (Lipinski definition) is 2. The lowest BCUT2D eigenvalue weighted by molar-refractivity contribution is 0.0999. The van der Waals surface area contributed by atoms with Crippen LogP contribution in [-0.2, 0) is 0 Å².